The molecular weight excluding hydrogens is 314 g/mol. The first-order chi connectivity index (χ1) is 11.4. The van der Waals surface area contributed by atoms with Gasteiger partial charge in [-0.2, -0.15) is 0 Å². The monoisotopic (exact) mass is 334 g/mol. The Morgan fingerprint density at radius 3 is 2.25 bits per heavy atom. The van der Waals surface area contributed by atoms with E-state index in [-0.39, 0.29) is 11.7 Å². The highest BCUT2D eigenvalue weighted by molar-refractivity contribution is 5.89. The molecule has 0 aromatic heterocycles. The van der Waals surface area contributed by atoms with Crippen molar-refractivity contribution in [1.29, 1.82) is 0 Å². The molecule has 2 aromatic rings. The third kappa shape index (κ3) is 4.22. The van der Waals surface area contributed by atoms with E-state index in [1.807, 2.05) is 31.2 Å². The Hall–Kier alpha value is -2.63. The first-order valence-corrected chi connectivity index (χ1v) is 7.64. The number of urea groups is 1. The lowest BCUT2D eigenvalue weighted by atomic mass is 10.1. The van der Waals surface area contributed by atoms with E-state index in [1.54, 1.807) is 0 Å². The molecule has 0 aliphatic carbocycles. The van der Waals surface area contributed by atoms with Crippen molar-refractivity contribution in [2.75, 3.05) is 12.4 Å². The molecule has 2 aromatic carbocycles. The molecule has 6 heteroatoms. The number of hydrogen-bond acceptors (Lipinski definition) is 2. The Labute approximate surface area is 139 Å². The van der Waals surface area contributed by atoms with Crippen LogP contribution in [-0.2, 0) is 6.42 Å². The fourth-order valence-electron chi connectivity index (χ4n) is 2.32. The van der Waals surface area contributed by atoms with Gasteiger partial charge in [0, 0.05) is 17.8 Å². The van der Waals surface area contributed by atoms with Crippen LogP contribution in [0.25, 0.3) is 0 Å². The van der Waals surface area contributed by atoms with E-state index in [2.05, 4.69) is 22.3 Å². The zero-order chi connectivity index (χ0) is 17.7. The first-order valence-electron chi connectivity index (χ1n) is 7.64. The lowest BCUT2D eigenvalue weighted by molar-refractivity contribution is 0.249. The molecule has 0 aliphatic rings. The number of aryl methyl sites for hydroxylation is 1. The maximum atomic E-state index is 13.6. The normalized spacial score (nSPS) is 11.7. The van der Waals surface area contributed by atoms with Crippen LogP contribution in [0.4, 0.5) is 19.3 Å². The number of anilines is 1. The summed E-state index contributed by atoms with van der Waals surface area (Å²) in [4.78, 5) is 12.0. The highest BCUT2D eigenvalue weighted by Crippen LogP contribution is 2.25. The highest BCUT2D eigenvalue weighted by Gasteiger charge is 2.14. The van der Waals surface area contributed by atoms with Crippen LogP contribution >= 0.6 is 0 Å². The second kappa shape index (κ2) is 7.77. The second-order valence-corrected chi connectivity index (χ2v) is 5.39. The molecule has 1 atom stereocenters. The number of benzene rings is 2. The molecule has 2 N–H and O–H groups in total. The summed E-state index contributed by atoms with van der Waals surface area (Å²) in [6.07, 6.45) is 0.942. The average Bonchev–Trinajstić information content (AvgIpc) is 2.54. The van der Waals surface area contributed by atoms with E-state index in [1.165, 1.54) is 12.7 Å². The number of ether oxygens (including phenoxy) is 1. The number of carbonyl (C=O) groups is 1. The van der Waals surface area contributed by atoms with Crippen LogP contribution in [0.5, 0.6) is 5.75 Å². The summed E-state index contributed by atoms with van der Waals surface area (Å²) in [5.74, 6) is -2.24. The van der Waals surface area contributed by atoms with Gasteiger partial charge in [0.2, 0.25) is 0 Å². The molecule has 0 saturated carbocycles. The molecule has 2 amide bonds. The lowest BCUT2D eigenvalue weighted by Crippen LogP contribution is -2.31. The Balaban J connectivity index is 2.02. The molecule has 24 heavy (non-hydrogen) atoms. The zero-order valence-electron chi connectivity index (χ0n) is 13.8. The maximum Gasteiger partial charge on any atom is 0.319 e. The quantitative estimate of drug-likeness (QED) is 0.850. The molecule has 2 rings (SSSR count). The van der Waals surface area contributed by atoms with Crippen molar-refractivity contribution in [2.24, 2.45) is 0 Å². The molecule has 0 spiro atoms. The van der Waals surface area contributed by atoms with Crippen LogP contribution in [0.15, 0.2) is 36.4 Å². The molecule has 1 unspecified atom stereocenters. The van der Waals surface area contributed by atoms with Crippen LogP contribution in [0.1, 0.15) is 31.0 Å². The summed E-state index contributed by atoms with van der Waals surface area (Å²) in [6.45, 7) is 3.90. The van der Waals surface area contributed by atoms with Gasteiger partial charge in [0.1, 0.15) is 0 Å². The number of rotatable bonds is 5. The van der Waals surface area contributed by atoms with Crippen molar-refractivity contribution in [1.82, 2.24) is 5.32 Å². The van der Waals surface area contributed by atoms with E-state index < -0.39 is 23.4 Å². The minimum atomic E-state index is -0.879. The Kier molecular flexibility index (Phi) is 5.73. The summed E-state index contributed by atoms with van der Waals surface area (Å²) in [5.41, 5.74) is 2.16. The van der Waals surface area contributed by atoms with Gasteiger partial charge in [0.05, 0.1) is 13.2 Å². The largest absolute Gasteiger partial charge is 0.491 e. The average molecular weight is 334 g/mol. The number of nitrogens with one attached hydrogen (secondary N) is 2. The summed E-state index contributed by atoms with van der Waals surface area (Å²) in [5, 5.41) is 5.14. The summed E-state index contributed by atoms with van der Waals surface area (Å²) in [6, 6.07) is 9.09. The topological polar surface area (TPSA) is 50.4 Å². The van der Waals surface area contributed by atoms with Gasteiger partial charge >= 0.3 is 6.03 Å². The van der Waals surface area contributed by atoms with E-state index >= 15 is 0 Å². The number of hydrogen-bond donors (Lipinski definition) is 2. The van der Waals surface area contributed by atoms with Crippen LogP contribution < -0.4 is 15.4 Å². The van der Waals surface area contributed by atoms with Crippen molar-refractivity contribution >= 4 is 11.7 Å². The fraction of sp³-hybridized carbons (Fsp3) is 0.278. The third-order valence-electron chi connectivity index (χ3n) is 3.70. The molecule has 0 bridgehead atoms. The summed E-state index contributed by atoms with van der Waals surface area (Å²) in [7, 11) is 1.17. The fourth-order valence-corrected chi connectivity index (χ4v) is 2.32. The number of amides is 2. The van der Waals surface area contributed by atoms with Crippen LogP contribution in [-0.4, -0.2) is 13.1 Å². The van der Waals surface area contributed by atoms with Crippen LogP contribution in [0.3, 0.4) is 0 Å². The summed E-state index contributed by atoms with van der Waals surface area (Å²) >= 11 is 0. The lowest BCUT2D eigenvalue weighted by Gasteiger charge is -2.16. The van der Waals surface area contributed by atoms with Crippen molar-refractivity contribution in [2.45, 2.75) is 26.3 Å². The molecule has 4 nitrogen and oxygen atoms in total. The number of methoxy groups -OCH3 is 1. The first kappa shape index (κ1) is 17.7. The smallest absolute Gasteiger partial charge is 0.319 e. The Morgan fingerprint density at radius 1 is 1.17 bits per heavy atom. The summed E-state index contributed by atoms with van der Waals surface area (Å²) < 4.78 is 31.8. The van der Waals surface area contributed by atoms with E-state index in [0.29, 0.717) is 0 Å². The molecule has 128 valence electrons. The number of halogens is 2. The van der Waals surface area contributed by atoms with Gasteiger partial charge in [0.25, 0.3) is 0 Å². The van der Waals surface area contributed by atoms with Gasteiger partial charge < -0.3 is 15.4 Å². The van der Waals surface area contributed by atoms with Crippen molar-refractivity contribution in [3.05, 3.63) is 59.2 Å². The molecule has 0 heterocycles. The van der Waals surface area contributed by atoms with Gasteiger partial charge in [-0.1, -0.05) is 31.2 Å². The van der Waals surface area contributed by atoms with Gasteiger partial charge in [-0.25, -0.2) is 13.6 Å². The van der Waals surface area contributed by atoms with E-state index in [9.17, 15) is 13.6 Å². The highest BCUT2D eigenvalue weighted by atomic mass is 19.1. The maximum absolute atomic E-state index is 13.6. The van der Waals surface area contributed by atoms with Crippen molar-refractivity contribution < 1.29 is 18.3 Å². The van der Waals surface area contributed by atoms with Crippen molar-refractivity contribution in [3.8, 4) is 5.75 Å². The Bertz CT molecular complexity index is 694. The van der Waals surface area contributed by atoms with Gasteiger partial charge in [-0.3, -0.25) is 0 Å². The van der Waals surface area contributed by atoms with Gasteiger partial charge in [-0.15, -0.1) is 0 Å². The second-order valence-electron chi connectivity index (χ2n) is 5.39. The third-order valence-corrected chi connectivity index (χ3v) is 3.70. The number of carbonyl (C=O) groups excluding carboxylic acids is 1. The molecule has 0 aliphatic heterocycles. The van der Waals surface area contributed by atoms with Crippen LogP contribution in [0, 0.1) is 11.6 Å². The molecule has 0 fully saturated rings. The molecule has 0 radical (unpaired) electrons. The Morgan fingerprint density at radius 2 is 1.75 bits per heavy atom. The zero-order valence-corrected chi connectivity index (χ0v) is 13.8. The van der Waals surface area contributed by atoms with Crippen molar-refractivity contribution in [3.63, 3.8) is 0 Å². The molecular formula is C18H20F2N2O2. The van der Waals surface area contributed by atoms with Gasteiger partial charge in [0.15, 0.2) is 17.4 Å². The van der Waals surface area contributed by atoms with Gasteiger partial charge in [-0.05, 0) is 24.5 Å². The standard InChI is InChI=1S/C18H20F2N2O2/c1-4-12-5-7-13(8-6-12)11(2)21-18(23)22-14-9-15(19)17(24-3)16(20)10-14/h5-11H,4H2,1-3H3,(H2,21,22,23). The van der Waals surface area contributed by atoms with E-state index in [0.717, 1.165) is 24.1 Å². The SMILES string of the molecule is CCc1ccc(C(C)NC(=O)Nc2cc(F)c(OC)c(F)c2)cc1. The predicted octanol–water partition coefficient (Wildman–Crippen LogP) is 4.42. The molecule has 0 saturated heterocycles. The van der Waals surface area contributed by atoms with Crippen LogP contribution in [0.2, 0.25) is 0 Å². The predicted molar refractivity (Wildman–Crippen MR) is 89.3 cm³/mol. The minimum Gasteiger partial charge on any atom is -0.491 e. The minimum absolute atomic E-state index is 0.0110. The van der Waals surface area contributed by atoms with E-state index in [4.69, 9.17) is 0 Å².